The van der Waals surface area contributed by atoms with Crippen molar-refractivity contribution < 1.29 is 28.6 Å². The van der Waals surface area contributed by atoms with E-state index in [2.05, 4.69) is 6.07 Å². The first kappa shape index (κ1) is 29.6. The van der Waals surface area contributed by atoms with Gasteiger partial charge in [-0.25, -0.2) is 0 Å². The van der Waals surface area contributed by atoms with Gasteiger partial charge in [-0.1, -0.05) is 26.3 Å². The molecule has 0 saturated carbocycles. The number of nitriles is 1. The third kappa shape index (κ3) is 6.37. The molecule has 0 amide bonds. The van der Waals surface area contributed by atoms with E-state index in [0.717, 1.165) is 12.0 Å². The number of methoxy groups -OCH3 is 5. The predicted molar refractivity (Wildman–Crippen MR) is 141 cm³/mol. The lowest BCUT2D eigenvalue weighted by atomic mass is 9.67. The number of nitrogens with zero attached hydrogens (tertiary/aromatic N) is 2. The second-order valence-electron chi connectivity index (χ2n) is 9.00. The molecular weight excluding hydrogens is 476 g/mol. The molecule has 0 spiro atoms. The van der Waals surface area contributed by atoms with E-state index in [4.69, 9.17) is 23.7 Å². The van der Waals surface area contributed by atoms with E-state index in [-0.39, 0.29) is 17.3 Å². The summed E-state index contributed by atoms with van der Waals surface area (Å²) >= 11 is 0. The molecule has 37 heavy (non-hydrogen) atoms. The Morgan fingerprint density at radius 1 is 0.946 bits per heavy atom. The first-order valence-electron chi connectivity index (χ1n) is 12.3. The number of benzene rings is 2. The molecule has 0 aromatic heterocycles. The second kappa shape index (κ2) is 13.6. The Balaban J connectivity index is 2.36. The molecule has 3 unspecified atom stereocenters. The zero-order chi connectivity index (χ0) is 27.6. The van der Waals surface area contributed by atoms with Gasteiger partial charge in [-0.2, -0.15) is 5.26 Å². The molecule has 0 aliphatic rings. The minimum atomic E-state index is -0.926. The van der Waals surface area contributed by atoms with E-state index in [9.17, 15) is 15.4 Å². The molecule has 0 aliphatic heterocycles. The van der Waals surface area contributed by atoms with E-state index in [1.165, 1.54) is 21.3 Å². The number of rotatable bonds is 15. The van der Waals surface area contributed by atoms with Crippen molar-refractivity contribution in [3.63, 3.8) is 0 Å². The first-order chi connectivity index (χ1) is 17.8. The summed E-state index contributed by atoms with van der Waals surface area (Å²) in [7, 11) is 7.68. The van der Waals surface area contributed by atoms with Crippen LogP contribution >= 0.6 is 0 Å². The van der Waals surface area contributed by atoms with Crippen LogP contribution < -0.4 is 23.7 Å². The summed E-state index contributed by atoms with van der Waals surface area (Å²) in [6.45, 7) is 4.05. The lowest BCUT2D eigenvalue weighted by molar-refractivity contribution is -0.523. The van der Waals surface area contributed by atoms with E-state index in [0.29, 0.717) is 53.6 Å². The molecule has 0 aliphatic carbocycles. The SMILES string of the molecule is CCC(C)C(C#N)(CCCC(Cc1ccc(OC)c(OC)c1)[N+](=O)[O-])c1ccc(OC)c(OC)c1OC. The Morgan fingerprint density at radius 2 is 1.57 bits per heavy atom. The van der Waals surface area contributed by atoms with Crippen LogP contribution in [0.3, 0.4) is 0 Å². The standard InChI is InChI=1S/C28H38N2O7/c1-8-19(2)28(18-29,22-12-14-24(34-4)27(37-7)26(22)36-6)15-9-10-21(30(31)32)16-20-11-13-23(33-3)25(17-20)35-5/h11-14,17,19,21H,8-10,15-16H2,1-7H3. The molecule has 0 heterocycles. The van der Waals surface area contributed by atoms with E-state index >= 15 is 0 Å². The zero-order valence-electron chi connectivity index (χ0n) is 22.8. The van der Waals surface area contributed by atoms with Gasteiger partial charge in [0.2, 0.25) is 11.8 Å². The Kier molecular flexibility index (Phi) is 10.9. The Hall–Kier alpha value is -3.67. The smallest absolute Gasteiger partial charge is 0.217 e. The molecule has 2 aromatic carbocycles. The summed E-state index contributed by atoms with van der Waals surface area (Å²) < 4.78 is 27.3. The number of hydrogen-bond donors (Lipinski definition) is 0. The lowest BCUT2D eigenvalue weighted by Gasteiger charge is -2.35. The Labute approximate surface area is 219 Å². The molecule has 2 aromatic rings. The highest BCUT2D eigenvalue weighted by atomic mass is 16.6. The van der Waals surface area contributed by atoms with Gasteiger partial charge < -0.3 is 23.7 Å². The van der Waals surface area contributed by atoms with Crippen molar-refractivity contribution in [1.82, 2.24) is 0 Å². The summed E-state index contributed by atoms with van der Waals surface area (Å²) in [5.41, 5.74) is 0.556. The van der Waals surface area contributed by atoms with Crippen LogP contribution in [0.25, 0.3) is 0 Å². The fraction of sp³-hybridized carbons (Fsp3) is 0.536. The van der Waals surface area contributed by atoms with Crippen molar-refractivity contribution >= 4 is 0 Å². The summed E-state index contributed by atoms with van der Waals surface area (Å²) in [5, 5.41) is 22.5. The molecule has 9 nitrogen and oxygen atoms in total. The van der Waals surface area contributed by atoms with E-state index in [1.54, 1.807) is 32.4 Å². The molecule has 0 fully saturated rings. The van der Waals surface area contributed by atoms with Crippen LogP contribution in [-0.2, 0) is 11.8 Å². The van der Waals surface area contributed by atoms with Crippen LogP contribution in [0.5, 0.6) is 28.7 Å². The number of hydrogen-bond acceptors (Lipinski definition) is 8. The van der Waals surface area contributed by atoms with Crippen molar-refractivity contribution in [2.75, 3.05) is 35.5 Å². The maximum Gasteiger partial charge on any atom is 0.217 e. The van der Waals surface area contributed by atoms with Gasteiger partial charge in [0, 0.05) is 23.3 Å². The van der Waals surface area contributed by atoms with Gasteiger partial charge in [0.25, 0.3) is 0 Å². The topological polar surface area (TPSA) is 113 Å². The van der Waals surface area contributed by atoms with Crippen molar-refractivity contribution in [2.45, 2.75) is 57.4 Å². The third-order valence-corrected chi connectivity index (χ3v) is 7.16. The molecule has 9 heteroatoms. The molecule has 2 rings (SSSR count). The van der Waals surface area contributed by atoms with Gasteiger partial charge in [-0.3, -0.25) is 10.1 Å². The minimum Gasteiger partial charge on any atom is -0.493 e. The van der Waals surface area contributed by atoms with Gasteiger partial charge in [-0.05, 0) is 48.6 Å². The highest BCUT2D eigenvalue weighted by molar-refractivity contribution is 5.59. The summed E-state index contributed by atoms with van der Waals surface area (Å²) in [6, 6.07) is 10.7. The fourth-order valence-corrected chi connectivity index (χ4v) is 4.85. The summed E-state index contributed by atoms with van der Waals surface area (Å²) in [6.07, 6.45) is 2.22. The second-order valence-corrected chi connectivity index (χ2v) is 9.00. The van der Waals surface area contributed by atoms with Crippen LogP contribution in [0.15, 0.2) is 30.3 Å². The quantitative estimate of drug-likeness (QED) is 0.223. The first-order valence-corrected chi connectivity index (χ1v) is 12.3. The van der Waals surface area contributed by atoms with Crippen molar-refractivity contribution in [1.29, 1.82) is 5.26 Å². The van der Waals surface area contributed by atoms with Crippen LogP contribution in [-0.4, -0.2) is 46.5 Å². The molecule has 0 radical (unpaired) electrons. The molecule has 202 valence electrons. The van der Waals surface area contributed by atoms with Gasteiger partial charge >= 0.3 is 0 Å². The van der Waals surface area contributed by atoms with Crippen molar-refractivity contribution in [3.8, 4) is 34.8 Å². The Bertz CT molecular complexity index is 1100. The number of nitro groups is 1. The van der Waals surface area contributed by atoms with Gasteiger partial charge in [0.05, 0.1) is 47.0 Å². The monoisotopic (exact) mass is 514 g/mol. The van der Waals surface area contributed by atoms with Gasteiger partial charge in [-0.15, -0.1) is 0 Å². The average molecular weight is 515 g/mol. The molecule has 0 bridgehead atoms. The zero-order valence-corrected chi connectivity index (χ0v) is 22.8. The highest BCUT2D eigenvalue weighted by Gasteiger charge is 2.41. The maximum absolute atomic E-state index is 12.0. The lowest BCUT2D eigenvalue weighted by Crippen LogP contribution is -2.33. The largest absolute Gasteiger partial charge is 0.493 e. The number of ether oxygens (including phenoxy) is 5. The van der Waals surface area contributed by atoms with Crippen LogP contribution in [0, 0.1) is 27.4 Å². The average Bonchev–Trinajstić information content (AvgIpc) is 2.93. The normalized spacial score (nSPS) is 14.0. The molecular formula is C28H38N2O7. The molecule has 3 atom stereocenters. The van der Waals surface area contributed by atoms with Crippen molar-refractivity contribution in [3.05, 3.63) is 51.6 Å². The molecule has 0 saturated heterocycles. The molecule has 0 N–H and O–H groups in total. The van der Waals surface area contributed by atoms with Crippen LogP contribution in [0.4, 0.5) is 0 Å². The van der Waals surface area contributed by atoms with Crippen LogP contribution in [0.2, 0.25) is 0 Å². The van der Waals surface area contributed by atoms with Crippen molar-refractivity contribution in [2.24, 2.45) is 5.92 Å². The van der Waals surface area contributed by atoms with Gasteiger partial charge in [0.15, 0.2) is 23.0 Å². The van der Waals surface area contributed by atoms with Gasteiger partial charge in [0.1, 0.15) is 0 Å². The summed E-state index contributed by atoms with van der Waals surface area (Å²) in [4.78, 5) is 11.7. The summed E-state index contributed by atoms with van der Waals surface area (Å²) in [5.74, 6) is 2.43. The third-order valence-electron chi connectivity index (χ3n) is 7.16. The maximum atomic E-state index is 12.0. The fourth-order valence-electron chi connectivity index (χ4n) is 4.85. The minimum absolute atomic E-state index is 0.0376. The highest BCUT2D eigenvalue weighted by Crippen LogP contribution is 2.49. The van der Waals surface area contributed by atoms with E-state index < -0.39 is 11.5 Å². The van der Waals surface area contributed by atoms with Crippen LogP contribution in [0.1, 0.15) is 50.7 Å². The van der Waals surface area contributed by atoms with E-state index in [1.807, 2.05) is 26.0 Å². The predicted octanol–water partition coefficient (Wildman–Crippen LogP) is 5.60. The Morgan fingerprint density at radius 3 is 2.08 bits per heavy atom.